The number of nitrogens with zero attached hydrogens (tertiary/aromatic N) is 3. The predicted octanol–water partition coefficient (Wildman–Crippen LogP) is 4.96. The first-order chi connectivity index (χ1) is 14.7. The van der Waals surface area contributed by atoms with Gasteiger partial charge in [-0.05, 0) is 75.8 Å². The first-order valence-electron chi connectivity index (χ1n) is 11.2. The van der Waals surface area contributed by atoms with E-state index in [0.29, 0.717) is 0 Å². The highest BCUT2D eigenvalue weighted by Gasteiger charge is 2.51. The van der Waals surface area contributed by atoms with E-state index in [9.17, 15) is 0 Å². The van der Waals surface area contributed by atoms with Crippen LogP contribution in [0.1, 0.15) is 52.7 Å². The molecule has 0 bridgehead atoms. The van der Waals surface area contributed by atoms with Crippen molar-refractivity contribution in [2.75, 3.05) is 11.4 Å². The Morgan fingerprint density at radius 1 is 0.935 bits per heavy atom. The molecule has 0 spiro atoms. The molecule has 0 aliphatic carbocycles. The average Bonchev–Trinajstić information content (AvgIpc) is 3.25. The number of hydrogen-bond donors (Lipinski definition) is 0. The van der Waals surface area contributed by atoms with Crippen LogP contribution in [0.15, 0.2) is 42.7 Å². The zero-order valence-corrected chi connectivity index (χ0v) is 19.7. The van der Waals surface area contributed by atoms with Crippen molar-refractivity contribution >= 4 is 35.0 Å². The van der Waals surface area contributed by atoms with E-state index in [0.717, 1.165) is 35.1 Å². The third kappa shape index (κ3) is 3.72. The summed E-state index contributed by atoms with van der Waals surface area (Å²) in [6, 6.07) is 12.9. The van der Waals surface area contributed by atoms with Gasteiger partial charge in [-0.15, -0.1) is 0 Å². The highest BCUT2D eigenvalue weighted by Crippen LogP contribution is 2.38. The van der Waals surface area contributed by atoms with Gasteiger partial charge >= 0.3 is 7.12 Å². The van der Waals surface area contributed by atoms with Gasteiger partial charge in [0.15, 0.2) is 0 Å². The van der Waals surface area contributed by atoms with E-state index in [-0.39, 0.29) is 11.2 Å². The monoisotopic (exact) mass is 417 g/mol. The molecule has 0 amide bonds. The molecule has 0 saturated carbocycles. The summed E-state index contributed by atoms with van der Waals surface area (Å²) in [6.07, 6.45) is 2.68. The second-order valence-electron chi connectivity index (χ2n) is 9.10. The van der Waals surface area contributed by atoms with Gasteiger partial charge in [0, 0.05) is 17.6 Å². The Morgan fingerprint density at radius 3 is 2.35 bits per heavy atom. The number of aromatic nitrogens is 2. The lowest BCUT2D eigenvalue weighted by molar-refractivity contribution is 0.00578. The van der Waals surface area contributed by atoms with Crippen LogP contribution in [0, 0.1) is 6.92 Å². The highest BCUT2D eigenvalue weighted by molar-refractivity contribution is 6.62. The molecule has 0 atom stereocenters. The SMILES string of the molecule is CC.Cc1ccc2c(c1)N(c1ncnc3ccc(B4OC(C)(C)C(C)(C)O4)cc13)CC2. The first-order valence-corrected chi connectivity index (χ1v) is 11.2. The van der Waals surface area contributed by atoms with E-state index in [1.54, 1.807) is 6.33 Å². The summed E-state index contributed by atoms with van der Waals surface area (Å²) in [6.45, 7) is 15.4. The van der Waals surface area contributed by atoms with Crippen LogP contribution in [-0.4, -0.2) is 34.8 Å². The van der Waals surface area contributed by atoms with Crippen molar-refractivity contribution in [3.05, 3.63) is 53.9 Å². The molecule has 1 saturated heterocycles. The van der Waals surface area contributed by atoms with E-state index in [4.69, 9.17) is 9.31 Å². The molecule has 2 aromatic carbocycles. The molecule has 1 aromatic heterocycles. The molecule has 3 aromatic rings. The fraction of sp³-hybridized carbons (Fsp3) is 0.440. The van der Waals surface area contributed by atoms with Gasteiger partial charge in [0.2, 0.25) is 0 Å². The molecule has 1 fully saturated rings. The van der Waals surface area contributed by atoms with Crippen molar-refractivity contribution in [2.45, 2.75) is 66.1 Å². The molecule has 0 N–H and O–H groups in total. The zero-order chi connectivity index (χ0) is 22.4. The summed E-state index contributed by atoms with van der Waals surface area (Å²) in [7, 11) is -0.398. The highest BCUT2D eigenvalue weighted by atomic mass is 16.7. The summed E-state index contributed by atoms with van der Waals surface area (Å²) in [4.78, 5) is 11.5. The molecule has 31 heavy (non-hydrogen) atoms. The maximum atomic E-state index is 6.26. The Kier molecular flexibility index (Phi) is 5.56. The summed E-state index contributed by atoms with van der Waals surface area (Å²) in [5, 5.41) is 1.02. The van der Waals surface area contributed by atoms with Crippen molar-refractivity contribution in [2.24, 2.45) is 0 Å². The second-order valence-corrected chi connectivity index (χ2v) is 9.10. The smallest absolute Gasteiger partial charge is 0.399 e. The molecular formula is C25H32BN3O2. The van der Waals surface area contributed by atoms with Crippen LogP contribution < -0.4 is 10.4 Å². The van der Waals surface area contributed by atoms with Crippen molar-refractivity contribution in [3.63, 3.8) is 0 Å². The lowest BCUT2D eigenvalue weighted by atomic mass is 9.78. The quantitative estimate of drug-likeness (QED) is 0.552. The third-order valence-electron chi connectivity index (χ3n) is 6.56. The van der Waals surface area contributed by atoms with Crippen molar-refractivity contribution < 1.29 is 9.31 Å². The molecule has 162 valence electrons. The Bertz CT molecular complexity index is 1100. The van der Waals surface area contributed by atoms with Crippen molar-refractivity contribution in [3.8, 4) is 0 Å². The van der Waals surface area contributed by atoms with Crippen LogP contribution in [0.3, 0.4) is 0 Å². The molecule has 0 unspecified atom stereocenters. The summed E-state index contributed by atoms with van der Waals surface area (Å²) in [5.41, 5.74) is 5.05. The molecule has 2 aliphatic rings. The molecule has 5 rings (SSSR count). The Morgan fingerprint density at radius 2 is 1.65 bits per heavy atom. The van der Waals surface area contributed by atoms with Crippen LogP contribution in [0.5, 0.6) is 0 Å². The van der Waals surface area contributed by atoms with E-state index in [1.807, 2.05) is 26.0 Å². The van der Waals surface area contributed by atoms with Crippen LogP contribution >= 0.6 is 0 Å². The van der Waals surface area contributed by atoms with Gasteiger partial charge in [0.1, 0.15) is 12.1 Å². The predicted molar refractivity (Wildman–Crippen MR) is 128 cm³/mol. The number of hydrogen-bond acceptors (Lipinski definition) is 5. The molecular weight excluding hydrogens is 385 g/mol. The average molecular weight is 417 g/mol. The van der Waals surface area contributed by atoms with Gasteiger partial charge in [0.05, 0.1) is 16.7 Å². The fourth-order valence-corrected chi connectivity index (χ4v) is 4.11. The Hall–Kier alpha value is -2.44. The first kappa shape index (κ1) is 21.8. The number of fused-ring (bicyclic) bond motifs is 2. The minimum absolute atomic E-state index is 0.367. The van der Waals surface area contributed by atoms with Crippen molar-refractivity contribution in [1.29, 1.82) is 0 Å². The van der Waals surface area contributed by atoms with E-state index < -0.39 is 7.12 Å². The van der Waals surface area contributed by atoms with E-state index in [2.05, 4.69) is 73.8 Å². The zero-order valence-electron chi connectivity index (χ0n) is 19.7. The van der Waals surface area contributed by atoms with Crippen molar-refractivity contribution in [1.82, 2.24) is 9.97 Å². The lowest BCUT2D eigenvalue weighted by Gasteiger charge is -2.32. The van der Waals surface area contributed by atoms with Gasteiger partial charge in [-0.1, -0.05) is 32.0 Å². The number of aryl methyl sites for hydroxylation is 1. The summed E-state index contributed by atoms with van der Waals surface area (Å²) in [5.74, 6) is 0.942. The standard InChI is InChI=1S/C23H26BN3O2.C2H6/c1-15-6-7-16-10-11-27(20(16)12-15)21-18-13-17(8-9-19(18)25-14-26-21)24-28-22(2,3)23(4,5)29-24;1-2/h6-9,12-14H,10-11H2,1-5H3;1-2H3. The minimum atomic E-state index is -0.398. The second kappa shape index (κ2) is 7.92. The van der Waals surface area contributed by atoms with E-state index in [1.165, 1.54) is 16.8 Å². The van der Waals surface area contributed by atoms with Gasteiger partial charge in [-0.3, -0.25) is 0 Å². The largest absolute Gasteiger partial charge is 0.494 e. The fourth-order valence-electron chi connectivity index (χ4n) is 4.11. The lowest BCUT2D eigenvalue weighted by Crippen LogP contribution is -2.41. The maximum Gasteiger partial charge on any atom is 0.494 e. The Balaban J connectivity index is 0.00000112. The van der Waals surface area contributed by atoms with Gasteiger partial charge in [-0.2, -0.15) is 0 Å². The van der Waals surface area contributed by atoms with Gasteiger partial charge in [-0.25, -0.2) is 9.97 Å². The molecule has 0 radical (unpaired) electrons. The van der Waals surface area contributed by atoms with E-state index >= 15 is 0 Å². The third-order valence-corrected chi connectivity index (χ3v) is 6.56. The normalized spacial score (nSPS) is 18.7. The Labute approximate surface area is 185 Å². The van der Waals surface area contributed by atoms with Crippen LogP contribution in [0.4, 0.5) is 11.5 Å². The maximum absolute atomic E-state index is 6.26. The summed E-state index contributed by atoms with van der Waals surface area (Å²) >= 11 is 0. The summed E-state index contributed by atoms with van der Waals surface area (Å²) < 4.78 is 12.5. The van der Waals surface area contributed by atoms with Crippen LogP contribution in [-0.2, 0) is 15.7 Å². The molecule has 2 aliphatic heterocycles. The topological polar surface area (TPSA) is 47.5 Å². The van der Waals surface area contributed by atoms with Crippen LogP contribution in [0.25, 0.3) is 10.9 Å². The molecule has 5 nitrogen and oxygen atoms in total. The van der Waals surface area contributed by atoms with Gasteiger partial charge in [0.25, 0.3) is 0 Å². The molecule has 3 heterocycles. The van der Waals surface area contributed by atoms with Crippen LogP contribution in [0.2, 0.25) is 0 Å². The minimum Gasteiger partial charge on any atom is -0.399 e. The number of benzene rings is 2. The number of anilines is 2. The molecule has 6 heteroatoms. The number of rotatable bonds is 2. The van der Waals surface area contributed by atoms with Gasteiger partial charge < -0.3 is 14.2 Å².